The Morgan fingerprint density at radius 1 is 1.26 bits per heavy atom. The predicted molar refractivity (Wildman–Crippen MR) is 134 cm³/mol. The lowest BCUT2D eigenvalue weighted by molar-refractivity contribution is -0.136. The van der Waals surface area contributed by atoms with Crippen LogP contribution >= 0.6 is 11.6 Å². The van der Waals surface area contributed by atoms with Gasteiger partial charge < -0.3 is 24.9 Å². The van der Waals surface area contributed by atoms with Crippen LogP contribution in [0.5, 0.6) is 0 Å². The highest BCUT2D eigenvalue weighted by atomic mass is 35.5. The third-order valence-electron chi connectivity index (χ3n) is 6.97. The van der Waals surface area contributed by atoms with E-state index >= 15 is 0 Å². The summed E-state index contributed by atoms with van der Waals surface area (Å²) in [6.45, 7) is 8.39. The first-order valence-electron chi connectivity index (χ1n) is 11.7. The number of H-pyrrole nitrogens is 1. The van der Waals surface area contributed by atoms with Gasteiger partial charge in [0, 0.05) is 42.5 Å². The molecule has 0 aliphatic carbocycles. The Labute approximate surface area is 207 Å². The van der Waals surface area contributed by atoms with Crippen molar-refractivity contribution < 1.29 is 9.53 Å². The second-order valence-corrected chi connectivity index (χ2v) is 10.2. The largest absolute Gasteiger partial charge is 0.383 e. The molecule has 0 aromatic carbocycles. The maximum absolute atomic E-state index is 13.4. The smallest absolute Gasteiger partial charge is 0.237 e. The van der Waals surface area contributed by atoms with Gasteiger partial charge in [-0.25, -0.2) is 15.0 Å². The van der Waals surface area contributed by atoms with Crippen LogP contribution in [-0.2, 0) is 21.6 Å². The Bertz CT molecular complexity index is 1450. The molecule has 0 bridgehead atoms. The van der Waals surface area contributed by atoms with Gasteiger partial charge in [-0.3, -0.25) is 9.69 Å². The fourth-order valence-electron chi connectivity index (χ4n) is 5.42. The van der Waals surface area contributed by atoms with E-state index in [2.05, 4.69) is 43.3 Å². The van der Waals surface area contributed by atoms with Crippen molar-refractivity contribution in [1.29, 1.82) is 0 Å². The fraction of sp³-hybridized carbons (Fsp3) is 0.417. The summed E-state index contributed by atoms with van der Waals surface area (Å²) in [4.78, 5) is 34.2. The van der Waals surface area contributed by atoms with Gasteiger partial charge in [-0.05, 0) is 26.0 Å². The molecule has 6 heterocycles. The normalized spacial score (nSPS) is 18.3. The number of rotatable bonds is 3. The molecule has 182 valence electrons. The number of carbonyl (C=O) groups is 1. The number of amides is 1. The van der Waals surface area contributed by atoms with E-state index in [0.717, 1.165) is 40.8 Å². The van der Waals surface area contributed by atoms with Gasteiger partial charge in [-0.1, -0.05) is 11.6 Å². The van der Waals surface area contributed by atoms with Crippen molar-refractivity contribution in [3.63, 3.8) is 0 Å². The van der Waals surface area contributed by atoms with Gasteiger partial charge in [0.15, 0.2) is 0 Å². The lowest BCUT2D eigenvalue weighted by Crippen LogP contribution is -2.52. The molecule has 1 saturated heterocycles. The number of halogens is 1. The van der Waals surface area contributed by atoms with Gasteiger partial charge in [-0.15, -0.1) is 0 Å². The number of nitrogens with two attached hydrogens (primary N) is 1. The van der Waals surface area contributed by atoms with Gasteiger partial charge in [-0.2, -0.15) is 0 Å². The number of aromatic amines is 1. The molecular formula is C24H27ClN8O2. The number of anilines is 1. The number of hydrogen-bond donors (Lipinski definition) is 2. The minimum Gasteiger partial charge on any atom is -0.383 e. The van der Waals surface area contributed by atoms with E-state index in [1.165, 1.54) is 6.33 Å². The molecule has 2 aliphatic rings. The maximum Gasteiger partial charge on any atom is 0.237 e. The highest BCUT2D eigenvalue weighted by Gasteiger charge is 2.39. The first-order chi connectivity index (χ1) is 16.8. The van der Waals surface area contributed by atoms with Crippen molar-refractivity contribution in [2.75, 3.05) is 45.1 Å². The minimum absolute atomic E-state index is 0.0888. The Kier molecular flexibility index (Phi) is 5.21. The van der Waals surface area contributed by atoms with Crippen molar-refractivity contribution in [2.45, 2.75) is 25.9 Å². The van der Waals surface area contributed by atoms with Crippen molar-refractivity contribution in [3.8, 4) is 11.3 Å². The third-order valence-corrected chi connectivity index (χ3v) is 7.37. The molecule has 1 amide bonds. The van der Waals surface area contributed by atoms with Crippen molar-refractivity contribution >= 4 is 45.4 Å². The Morgan fingerprint density at radius 3 is 2.83 bits per heavy atom. The van der Waals surface area contributed by atoms with Gasteiger partial charge in [0.1, 0.15) is 23.4 Å². The lowest BCUT2D eigenvalue weighted by Gasteiger charge is -2.41. The zero-order valence-corrected chi connectivity index (χ0v) is 20.5. The number of nitrogens with zero attached hydrogens (tertiary/aromatic N) is 6. The second kappa shape index (κ2) is 8.18. The number of nitrogen functional groups attached to an aromatic ring is 1. The van der Waals surface area contributed by atoms with Crippen molar-refractivity contribution in [3.05, 3.63) is 35.4 Å². The molecule has 0 spiro atoms. The zero-order valence-electron chi connectivity index (χ0n) is 19.7. The average Bonchev–Trinajstić information content (AvgIpc) is 3.35. The molecule has 4 aromatic heterocycles. The summed E-state index contributed by atoms with van der Waals surface area (Å²) in [5, 5.41) is 2.11. The fourth-order valence-corrected chi connectivity index (χ4v) is 5.71. The zero-order chi connectivity index (χ0) is 24.3. The van der Waals surface area contributed by atoms with Gasteiger partial charge >= 0.3 is 0 Å². The molecule has 4 aromatic rings. The quantitative estimate of drug-likeness (QED) is 0.449. The first kappa shape index (κ1) is 22.3. The number of nitrogens with one attached hydrogen (secondary N) is 1. The van der Waals surface area contributed by atoms with Crippen LogP contribution in [0.3, 0.4) is 0 Å². The monoisotopic (exact) mass is 494 g/mol. The average molecular weight is 495 g/mol. The molecule has 0 radical (unpaired) electrons. The molecule has 0 saturated carbocycles. The number of morpholine rings is 1. The van der Waals surface area contributed by atoms with E-state index < -0.39 is 5.54 Å². The number of hydrogen-bond acceptors (Lipinski definition) is 7. The summed E-state index contributed by atoms with van der Waals surface area (Å²) in [5.41, 5.74) is 9.86. The summed E-state index contributed by atoms with van der Waals surface area (Å²) in [7, 11) is 0. The predicted octanol–water partition coefficient (Wildman–Crippen LogP) is 2.62. The second-order valence-electron chi connectivity index (χ2n) is 9.78. The Balaban J connectivity index is 1.52. The molecule has 0 atom stereocenters. The molecule has 10 nitrogen and oxygen atoms in total. The van der Waals surface area contributed by atoms with Gasteiger partial charge in [0.25, 0.3) is 0 Å². The summed E-state index contributed by atoms with van der Waals surface area (Å²) in [6, 6.07) is 3.78. The topological polar surface area (TPSA) is 118 Å². The SMILES string of the molecule is CC1(C)CN(C(=O)CN2CCOCC2)Cc2c(-c3[nH]c4ncccc4c3Cl)c3c(N)ncnc3n21. The van der Waals surface area contributed by atoms with E-state index in [-0.39, 0.29) is 5.91 Å². The molecule has 6 rings (SSSR count). The summed E-state index contributed by atoms with van der Waals surface area (Å²) in [5.74, 6) is 0.461. The van der Waals surface area contributed by atoms with Crippen LogP contribution in [0.1, 0.15) is 19.5 Å². The van der Waals surface area contributed by atoms with Gasteiger partial charge in [0.05, 0.1) is 47.9 Å². The summed E-state index contributed by atoms with van der Waals surface area (Å²) in [6.07, 6.45) is 3.20. The number of fused-ring (bicyclic) bond motifs is 4. The third kappa shape index (κ3) is 3.55. The Hall–Kier alpha value is -3.21. The first-order valence-corrected chi connectivity index (χ1v) is 12.1. The highest BCUT2D eigenvalue weighted by Crippen LogP contribution is 2.45. The number of carbonyl (C=O) groups excluding carboxylic acids is 1. The van der Waals surface area contributed by atoms with Gasteiger partial charge in [0.2, 0.25) is 5.91 Å². The van der Waals surface area contributed by atoms with Crippen LogP contribution in [0.25, 0.3) is 33.3 Å². The molecule has 0 unspecified atom stereocenters. The van der Waals surface area contributed by atoms with Crippen molar-refractivity contribution in [1.82, 2.24) is 34.3 Å². The van der Waals surface area contributed by atoms with Crippen molar-refractivity contribution in [2.24, 2.45) is 0 Å². The van der Waals surface area contributed by atoms with Crippen LogP contribution in [0.4, 0.5) is 5.82 Å². The molecule has 2 aliphatic heterocycles. The van der Waals surface area contributed by atoms with Crippen LogP contribution in [0.15, 0.2) is 24.7 Å². The molecule has 3 N–H and O–H groups in total. The highest BCUT2D eigenvalue weighted by molar-refractivity contribution is 6.38. The van der Waals surface area contributed by atoms with Crippen LogP contribution < -0.4 is 5.73 Å². The van der Waals surface area contributed by atoms with Crippen LogP contribution in [0, 0.1) is 0 Å². The van der Waals surface area contributed by atoms with E-state index in [1.807, 2.05) is 17.0 Å². The maximum atomic E-state index is 13.4. The van der Waals surface area contributed by atoms with E-state index in [9.17, 15) is 4.79 Å². The minimum atomic E-state index is -0.428. The van der Waals surface area contributed by atoms with Crippen LogP contribution in [0.2, 0.25) is 5.02 Å². The molecule has 11 heteroatoms. The van der Waals surface area contributed by atoms with Crippen LogP contribution in [-0.4, -0.2) is 79.6 Å². The summed E-state index contributed by atoms with van der Waals surface area (Å²) < 4.78 is 7.62. The van der Waals surface area contributed by atoms with E-state index in [1.54, 1.807) is 6.20 Å². The standard InChI is InChI=1S/C24H27ClN8O2/c1-24(2)12-32(16(34)11-31-6-8-35-9-7-31)10-15-17(18-21(26)28-13-29-23(18)33(15)24)20-19(25)14-4-3-5-27-22(14)30-20/h3-5,13H,6-12H2,1-2H3,(H,27,30)(H2,26,28,29). The summed E-state index contributed by atoms with van der Waals surface area (Å²) >= 11 is 6.88. The van der Waals surface area contributed by atoms with E-state index in [4.69, 9.17) is 22.1 Å². The molecular weight excluding hydrogens is 468 g/mol. The molecule has 35 heavy (non-hydrogen) atoms. The number of aromatic nitrogens is 5. The Morgan fingerprint density at radius 2 is 2.06 bits per heavy atom. The number of ether oxygens (including phenoxy) is 1. The molecule has 1 fully saturated rings. The number of pyridine rings is 1. The lowest BCUT2D eigenvalue weighted by atomic mass is 9.99. The van der Waals surface area contributed by atoms with E-state index in [0.29, 0.717) is 55.0 Å².